The number of aromatic nitrogens is 1. The Morgan fingerprint density at radius 1 is 1.41 bits per heavy atom. The first-order chi connectivity index (χ1) is 10.1. The lowest BCUT2D eigenvalue weighted by Crippen LogP contribution is -2.41. The molecule has 1 amide bonds. The number of ketones is 1. The summed E-state index contributed by atoms with van der Waals surface area (Å²) in [6.07, 6.45) is 3.28. The molecule has 122 valence electrons. The van der Waals surface area contributed by atoms with E-state index in [-0.39, 0.29) is 23.7 Å². The summed E-state index contributed by atoms with van der Waals surface area (Å²) in [4.78, 5) is 34.9. The van der Waals surface area contributed by atoms with E-state index in [0.29, 0.717) is 10.7 Å². The van der Waals surface area contributed by atoms with Crippen LogP contribution < -0.4 is 5.32 Å². The van der Waals surface area contributed by atoms with E-state index in [9.17, 15) is 9.59 Å². The minimum Gasteiger partial charge on any atom is -0.369 e. The molecule has 1 rings (SSSR count). The number of thiazole rings is 1. The lowest BCUT2D eigenvalue weighted by Gasteiger charge is -2.20. The summed E-state index contributed by atoms with van der Waals surface area (Å²) in [5.41, 5.74) is -0.360. The molecule has 6 nitrogen and oxygen atoms in total. The standard InChI is InChI=1S/C14H22N4O2S2/c1-14(2,3)17-10(20)7-9(19)11-12(15-8-18(4)5)16-13(21-6)22-11/h8H,7H2,1-6H3,(H,17,20)/b15-8+. The van der Waals surface area contributed by atoms with Gasteiger partial charge in [-0.15, -0.1) is 11.3 Å². The molecule has 0 unspecified atom stereocenters. The van der Waals surface area contributed by atoms with Crippen LogP contribution in [0, 0.1) is 0 Å². The Balaban J connectivity index is 2.92. The SMILES string of the molecule is CSc1nc(/N=C/N(C)C)c(C(=O)CC(=O)NC(C)(C)C)s1. The van der Waals surface area contributed by atoms with Crippen LogP contribution in [-0.2, 0) is 4.79 Å². The zero-order valence-electron chi connectivity index (χ0n) is 13.8. The molecule has 0 bridgehead atoms. The monoisotopic (exact) mass is 342 g/mol. The second-order valence-electron chi connectivity index (χ2n) is 5.94. The summed E-state index contributed by atoms with van der Waals surface area (Å²) in [7, 11) is 3.67. The van der Waals surface area contributed by atoms with Crippen molar-refractivity contribution in [2.75, 3.05) is 20.4 Å². The van der Waals surface area contributed by atoms with E-state index in [0.717, 1.165) is 4.34 Å². The number of aliphatic imine (C=N–C) groups is 1. The Labute approximate surface area is 139 Å². The summed E-state index contributed by atoms with van der Waals surface area (Å²) >= 11 is 2.72. The van der Waals surface area contributed by atoms with Crippen molar-refractivity contribution in [2.24, 2.45) is 4.99 Å². The summed E-state index contributed by atoms with van der Waals surface area (Å²) < 4.78 is 0.755. The number of nitrogens with zero attached hydrogens (tertiary/aromatic N) is 3. The predicted octanol–water partition coefficient (Wildman–Crippen LogP) is 2.57. The fraction of sp³-hybridized carbons (Fsp3) is 0.571. The van der Waals surface area contributed by atoms with E-state index in [1.807, 2.05) is 41.1 Å². The topological polar surface area (TPSA) is 74.7 Å². The Morgan fingerprint density at radius 2 is 2.05 bits per heavy atom. The number of hydrogen-bond acceptors (Lipinski definition) is 6. The van der Waals surface area contributed by atoms with E-state index in [1.165, 1.54) is 23.1 Å². The van der Waals surface area contributed by atoms with Gasteiger partial charge in [-0.3, -0.25) is 9.59 Å². The van der Waals surface area contributed by atoms with Gasteiger partial charge in [0, 0.05) is 19.6 Å². The molecule has 0 aromatic carbocycles. The molecular formula is C14H22N4O2S2. The van der Waals surface area contributed by atoms with Crippen LogP contribution in [0.2, 0.25) is 0 Å². The zero-order chi connectivity index (χ0) is 16.9. The van der Waals surface area contributed by atoms with Gasteiger partial charge in [0.2, 0.25) is 5.91 Å². The third kappa shape index (κ3) is 6.15. The summed E-state index contributed by atoms with van der Waals surface area (Å²) in [6.45, 7) is 5.63. The molecule has 0 spiro atoms. The Morgan fingerprint density at radius 3 is 2.55 bits per heavy atom. The van der Waals surface area contributed by atoms with Crippen LogP contribution in [0.5, 0.6) is 0 Å². The molecule has 0 radical (unpaired) electrons. The normalized spacial score (nSPS) is 11.7. The number of Topliss-reactive ketones (excluding diaryl/α,β-unsaturated/α-hetero) is 1. The average Bonchev–Trinajstić information content (AvgIpc) is 2.77. The molecule has 1 aromatic heterocycles. The smallest absolute Gasteiger partial charge is 0.228 e. The molecule has 22 heavy (non-hydrogen) atoms. The van der Waals surface area contributed by atoms with Crippen molar-refractivity contribution < 1.29 is 9.59 Å². The molecule has 0 saturated heterocycles. The molecule has 1 aromatic rings. The van der Waals surface area contributed by atoms with Gasteiger partial charge in [-0.05, 0) is 27.0 Å². The van der Waals surface area contributed by atoms with Gasteiger partial charge in [0.1, 0.15) is 4.88 Å². The first-order valence-corrected chi connectivity index (χ1v) is 8.76. The molecule has 0 fully saturated rings. The third-order valence-corrected chi connectivity index (χ3v) is 4.33. The quantitative estimate of drug-likeness (QED) is 0.283. The molecule has 0 aliphatic carbocycles. The maximum atomic E-state index is 12.3. The van der Waals surface area contributed by atoms with Crippen molar-refractivity contribution in [1.82, 2.24) is 15.2 Å². The van der Waals surface area contributed by atoms with E-state index in [1.54, 1.807) is 11.2 Å². The number of rotatable bonds is 6. The van der Waals surface area contributed by atoms with Crippen LogP contribution in [0.25, 0.3) is 0 Å². The summed E-state index contributed by atoms with van der Waals surface area (Å²) in [5, 5.41) is 2.78. The highest BCUT2D eigenvalue weighted by atomic mass is 32.2. The molecule has 8 heteroatoms. The van der Waals surface area contributed by atoms with Gasteiger partial charge >= 0.3 is 0 Å². The molecule has 0 aliphatic heterocycles. The van der Waals surface area contributed by atoms with E-state index in [4.69, 9.17) is 0 Å². The number of amides is 1. The predicted molar refractivity (Wildman–Crippen MR) is 92.6 cm³/mol. The molecule has 0 atom stereocenters. The van der Waals surface area contributed by atoms with Gasteiger partial charge in [-0.1, -0.05) is 11.8 Å². The van der Waals surface area contributed by atoms with Gasteiger partial charge in [0.25, 0.3) is 0 Å². The summed E-state index contributed by atoms with van der Waals surface area (Å²) in [6, 6.07) is 0. The average molecular weight is 342 g/mol. The lowest BCUT2D eigenvalue weighted by molar-refractivity contribution is -0.121. The largest absolute Gasteiger partial charge is 0.369 e. The van der Waals surface area contributed by atoms with E-state index in [2.05, 4.69) is 15.3 Å². The Bertz CT molecular complexity index is 574. The van der Waals surface area contributed by atoms with Gasteiger partial charge in [-0.25, -0.2) is 9.98 Å². The fourth-order valence-corrected chi connectivity index (χ4v) is 2.95. The van der Waals surface area contributed by atoms with Gasteiger partial charge in [0.15, 0.2) is 15.9 Å². The number of thioether (sulfide) groups is 1. The Kier molecular flexibility index (Phi) is 6.55. The maximum absolute atomic E-state index is 12.3. The first-order valence-electron chi connectivity index (χ1n) is 6.72. The van der Waals surface area contributed by atoms with Crippen LogP contribution in [0.15, 0.2) is 9.33 Å². The third-order valence-electron chi connectivity index (χ3n) is 2.26. The second-order valence-corrected chi connectivity index (χ2v) is 8.00. The minimum absolute atomic E-state index is 0.197. The highest BCUT2D eigenvalue weighted by Gasteiger charge is 2.22. The van der Waals surface area contributed by atoms with Gasteiger partial charge in [0.05, 0.1) is 12.8 Å². The van der Waals surface area contributed by atoms with Crippen LogP contribution in [0.1, 0.15) is 36.9 Å². The highest BCUT2D eigenvalue weighted by Crippen LogP contribution is 2.31. The minimum atomic E-state index is -0.360. The number of carbonyl (C=O) groups excluding carboxylic acids is 2. The Hall–Kier alpha value is -1.41. The van der Waals surface area contributed by atoms with Crippen LogP contribution >= 0.6 is 23.1 Å². The van der Waals surface area contributed by atoms with Gasteiger partial charge < -0.3 is 10.2 Å². The highest BCUT2D eigenvalue weighted by molar-refractivity contribution is 8.00. The van der Waals surface area contributed by atoms with E-state index >= 15 is 0 Å². The second kappa shape index (κ2) is 7.73. The van der Waals surface area contributed by atoms with Crippen molar-refractivity contribution in [3.63, 3.8) is 0 Å². The molecule has 1 N–H and O–H groups in total. The van der Waals surface area contributed by atoms with Crippen molar-refractivity contribution in [1.29, 1.82) is 0 Å². The number of hydrogen-bond donors (Lipinski definition) is 1. The van der Waals surface area contributed by atoms with E-state index < -0.39 is 0 Å². The molecule has 0 aliphatic rings. The molecule has 1 heterocycles. The summed E-state index contributed by atoms with van der Waals surface area (Å²) in [5.74, 6) is -0.179. The van der Waals surface area contributed by atoms with Gasteiger partial charge in [-0.2, -0.15) is 0 Å². The van der Waals surface area contributed by atoms with Crippen molar-refractivity contribution in [2.45, 2.75) is 37.1 Å². The van der Waals surface area contributed by atoms with Crippen LogP contribution in [-0.4, -0.2) is 53.8 Å². The number of carbonyl (C=O) groups is 2. The van der Waals surface area contributed by atoms with Crippen molar-refractivity contribution in [3.05, 3.63) is 4.88 Å². The number of nitrogens with one attached hydrogen (secondary N) is 1. The van der Waals surface area contributed by atoms with Crippen LogP contribution in [0.4, 0.5) is 5.82 Å². The molecular weight excluding hydrogens is 320 g/mol. The maximum Gasteiger partial charge on any atom is 0.228 e. The zero-order valence-corrected chi connectivity index (χ0v) is 15.4. The van der Waals surface area contributed by atoms with Crippen molar-refractivity contribution in [3.8, 4) is 0 Å². The fourth-order valence-electron chi connectivity index (χ4n) is 1.51. The van der Waals surface area contributed by atoms with Crippen molar-refractivity contribution >= 4 is 46.9 Å². The first kappa shape index (κ1) is 18.6. The van der Waals surface area contributed by atoms with Crippen LogP contribution in [0.3, 0.4) is 0 Å². The lowest BCUT2D eigenvalue weighted by atomic mass is 10.1. The molecule has 0 saturated carbocycles.